The highest BCUT2D eigenvalue weighted by atomic mass is 16.5. The summed E-state index contributed by atoms with van der Waals surface area (Å²) in [4.78, 5) is 23.9. The second kappa shape index (κ2) is 10.1. The van der Waals surface area contributed by atoms with E-state index < -0.39 is 0 Å². The summed E-state index contributed by atoms with van der Waals surface area (Å²) in [5.41, 5.74) is 2.59. The number of aromatic nitrogens is 2. The van der Waals surface area contributed by atoms with Crippen molar-refractivity contribution in [1.82, 2.24) is 15.3 Å². The molecule has 2 N–H and O–H groups in total. The van der Waals surface area contributed by atoms with Gasteiger partial charge >= 0.3 is 6.09 Å². The highest BCUT2D eigenvalue weighted by Crippen LogP contribution is 2.33. The molecule has 1 aromatic heterocycles. The van der Waals surface area contributed by atoms with Gasteiger partial charge in [-0.15, -0.1) is 0 Å². The minimum absolute atomic E-state index is 0.163. The van der Waals surface area contributed by atoms with Crippen LogP contribution in [0.3, 0.4) is 0 Å². The van der Waals surface area contributed by atoms with Crippen molar-refractivity contribution < 1.29 is 14.6 Å². The molecule has 2 heterocycles. The highest BCUT2D eigenvalue weighted by Gasteiger charge is 2.24. The molecule has 3 aromatic rings. The van der Waals surface area contributed by atoms with E-state index >= 15 is 0 Å². The summed E-state index contributed by atoms with van der Waals surface area (Å²) < 4.78 is 5.24. The minimum atomic E-state index is -0.356. The van der Waals surface area contributed by atoms with Crippen LogP contribution in [0, 0.1) is 18.8 Å². The van der Waals surface area contributed by atoms with Crippen molar-refractivity contribution in [2.75, 3.05) is 31.1 Å². The first-order valence-electron chi connectivity index (χ1n) is 11.6. The van der Waals surface area contributed by atoms with Gasteiger partial charge in [0.25, 0.3) is 0 Å². The van der Waals surface area contributed by atoms with Crippen molar-refractivity contribution in [2.45, 2.75) is 33.6 Å². The lowest BCUT2D eigenvalue weighted by atomic mass is 9.97. The number of benzene rings is 2. The Morgan fingerprint density at radius 2 is 2.06 bits per heavy atom. The molecule has 0 radical (unpaired) electrons. The van der Waals surface area contributed by atoms with E-state index in [1.54, 1.807) is 12.1 Å². The van der Waals surface area contributed by atoms with Gasteiger partial charge in [0.2, 0.25) is 0 Å². The Balaban J connectivity index is 1.59. The lowest BCUT2D eigenvalue weighted by Crippen LogP contribution is -2.41. The summed E-state index contributed by atoms with van der Waals surface area (Å²) in [5.74, 6) is 2.16. The number of carbonyl (C=O) groups is 1. The molecule has 0 bridgehead atoms. The number of nitrogens with zero attached hydrogens (tertiary/aromatic N) is 3. The molecule has 1 fully saturated rings. The standard InChI is InChI=1S/C26H32N4O3/c1-17(2)16-33-26(32)27-14-19-7-6-12-30(15-19)25-20-11-10-18(3)13-22(20)28-24(29-25)21-8-4-5-9-23(21)31/h4-5,8-11,13,17,19,31H,6-7,12,14-16H2,1-3H3,(H,27,32)/t19-/m1/s1. The predicted molar refractivity (Wildman–Crippen MR) is 131 cm³/mol. The van der Waals surface area contributed by atoms with Gasteiger partial charge in [-0.05, 0) is 61.4 Å². The van der Waals surface area contributed by atoms with Crippen LogP contribution < -0.4 is 10.2 Å². The quantitative estimate of drug-likeness (QED) is 0.557. The second-order valence-corrected chi connectivity index (χ2v) is 9.24. The molecule has 1 amide bonds. The van der Waals surface area contributed by atoms with E-state index in [4.69, 9.17) is 14.7 Å². The summed E-state index contributed by atoms with van der Waals surface area (Å²) in [6.07, 6.45) is 1.69. The zero-order valence-electron chi connectivity index (χ0n) is 19.5. The fourth-order valence-corrected chi connectivity index (χ4v) is 4.19. The van der Waals surface area contributed by atoms with Gasteiger partial charge in [-0.2, -0.15) is 0 Å². The Kier molecular flexibility index (Phi) is 6.96. The lowest BCUT2D eigenvalue weighted by molar-refractivity contribution is 0.131. The Morgan fingerprint density at radius 3 is 2.85 bits per heavy atom. The molecule has 0 aliphatic carbocycles. The van der Waals surface area contributed by atoms with Crippen molar-refractivity contribution in [3.63, 3.8) is 0 Å². The van der Waals surface area contributed by atoms with Crippen LogP contribution in [0.1, 0.15) is 32.3 Å². The molecular formula is C26H32N4O3. The van der Waals surface area contributed by atoms with Crippen LogP contribution in [0.4, 0.5) is 10.6 Å². The first-order chi connectivity index (χ1) is 15.9. The van der Waals surface area contributed by atoms with E-state index in [2.05, 4.69) is 28.4 Å². The monoisotopic (exact) mass is 448 g/mol. The van der Waals surface area contributed by atoms with Crippen LogP contribution in [0.5, 0.6) is 5.75 Å². The number of phenols is 1. The van der Waals surface area contributed by atoms with Crippen molar-refractivity contribution in [2.24, 2.45) is 11.8 Å². The Morgan fingerprint density at radius 1 is 1.24 bits per heavy atom. The van der Waals surface area contributed by atoms with E-state index in [9.17, 15) is 9.90 Å². The zero-order valence-corrected chi connectivity index (χ0v) is 19.5. The van der Waals surface area contributed by atoms with Crippen molar-refractivity contribution in [3.05, 3.63) is 48.0 Å². The number of hydrogen-bond donors (Lipinski definition) is 2. The molecule has 1 saturated heterocycles. The van der Waals surface area contributed by atoms with Gasteiger partial charge in [0.15, 0.2) is 5.82 Å². The molecule has 1 atom stereocenters. The van der Waals surface area contributed by atoms with Gasteiger partial charge in [-0.3, -0.25) is 0 Å². The second-order valence-electron chi connectivity index (χ2n) is 9.24. The molecule has 7 nitrogen and oxygen atoms in total. The Hall–Kier alpha value is -3.35. The summed E-state index contributed by atoms with van der Waals surface area (Å²) in [6.45, 7) is 8.74. The number of aromatic hydroxyl groups is 1. The molecule has 0 spiro atoms. The summed E-state index contributed by atoms with van der Waals surface area (Å²) >= 11 is 0. The average molecular weight is 449 g/mol. The average Bonchev–Trinajstić information content (AvgIpc) is 2.81. The first kappa shape index (κ1) is 22.8. The van der Waals surface area contributed by atoms with Gasteiger partial charge in [-0.1, -0.05) is 32.0 Å². The molecule has 4 rings (SSSR count). The molecule has 7 heteroatoms. The molecule has 1 aliphatic rings. The van der Waals surface area contributed by atoms with Gasteiger partial charge in [0, 0.05) is 25.0 Å². The van der Waals surface area contributed by atoms with E-state index in [1.165, 1.54) is 0 Å². The molecule has 2 aromatic carbocycles. The number of aryl methyl sites for hydroxylation is 1. The van der Waals surface area contributed by atoms with Crippen LogP contribution >= 0.6 is 0 Å². The van der Waals surface area contributed by atoms with Gasteiger partial charge in [-0.25, -0.2) is 14.8 Å². The van der Waals surface area contributed by atoms with Gasteiger partial charge < -0.3 is 20.1 Å². The number of anilines is 1. The number of alkyl carbamates (subject to hydrolysis) is 1. The van der Waals surface area contributed by atoms with E-state index in [-0.39, 0.29) is 11.8 Å². The third-order valence-corrected chi connectivity index (χ3v) is 5.88. The number of carbonyl (C=O) groups excluding carboxylic acids is 1. The largest absolute Gasteiger partial charge is 0.507 e. The first-order valence-corrected chi connectivity index (χ1v) is 11.6. The Bertz CT molecular complexity index is 1130. The third-order valence-electron chi connectivity index (χ3n) is 5.88. The highest BCUT2D eigenvalue weighted by molar-refractivity contribution is 5.92. The number of para-hydroxylation sites is 1. The minimum Gasteiger partial charge on any atom is -0.507 e. The van der Waals surface area contributed by atoms with Crippen molar-refractivity contribution in [1.29, 1.82) is 0 Å². The van der Waals surface area contributed by atoms with E-state index in [0.29, 0.717) is 36.4 Å². The number of ether oxygens (including phenoxy) is 1. The number of piperidine rings is 1. The zero-order chi connectivity index (χ0) is 23.4. The number of phenolic OH excluding ortho intramolecular Hbond substituents is 1. The number of rotatable bonds is 6. The lowest BCUT2D eigenvalue weighted by Gasteiger charge is -2.34. The van der Waals surface area contributed by atoms with Crippen LogP contribution in [-0.4, -0.2) is 47.4 Å². The van der Waals surface area contributed by atoms with Crippen LogP contribution in [0.2, 0.25) is 0 Å². The van der Waals surface area contributed by atoms with Crippen molar-refractivity contribution in [3.8, 4) is 17.1 Å². The normalized spacial score (nSPS) is 16.2. The van der Waals surface area contributed by atoms with Crippen LogP contribution in [0.25, 0.3) is 22.3 Å². The van der Waals surface area contributed by atoms with Gasteiger partial charge in [0.05, 0.1) is 17.7 Å². The number of amides is 1. The predicted octanol–water partition coefficient (Wildman–Crippen LogP) is 4.91. The van der Waals surface area contributed by atoms with Crippen LogP contribution in [0.15, 0.2) is 42.5 Å². The smallest absolute Gasteiger partial charge is 0.407 e. The maximum atomic E-state index is 12.0. The molecular weight excluding hydrogens is 416 g/mol. The van der Waals surface area contributed by atoms with E-state index in [1.807, 2.05) is 32.9 Å². The molecule has 174 valence electrons. The fourth-order valence-electron chi connectivity index (χ4n) is 4.19. The molecule has 0 unspecified atom stereocenters. The molecule has 1 aliphatic heterocycles. The topological polar surface area (TPSA) is 87.6 Å². The summed E-state index contributed by atoms with van der Waals surface area (Å²) in [6, 6.07) is 13.3. The van der Waals surface area contributed by atoms with E-state index in [0.717, 1.165) is 48.2 Å². The number of hydrogen-bond acceptors (Lipinski definition) is 6. The van der Waals surface area contributed by atoms with Crippen molar-refractivity contribution >= 4 is 22.8 Å². The number of fused-ring (bicyclic) bond motifs is 1. The number of nitrogens with one attached hydrogen (secondary N) is 1. The van der Waals surface area contributed by atoms with Crippen LogP contribution in [-0.2, 0) is 4.74 Å². The molecule has 0 saturated carbocycles. The van der Waals surface area contributed by atoms with Gasteiger partial charge in [0.1, 0.15) is 11.6 Å². The fraction of sp³-hybridized carbons (Fsp3) is 0.423. The third kappa shape index (κ3) is 5.53. The maximum absolute atomic E-state index is 12.0. The maximum Gasteiger partial charge on any atom is 0.407 e. The molecule has 33 heavy (non-hydrogen) atoms. The Labute approximate surface area is 194 Å². The summed E-state index contributed by atoms with van der Waals surface area (Å²) in [7, 11) is 0. The SMILES string of the molecule is Cc1ccc2c(N3CCC[C@H](CNC(=O)OCC(C)C)C3)nc(-c3ccccc3O)nc2c1. The summed E-state index contributed by atoms with van der Waals surface area (Å²) in [5, 5.41) is 14.3.